The first-order chi connectivity index (χ1) is 8.52. The average Bonchev–Trinajstić information content (AvgIpc) is 2.32. The van der Waals surface area contributed by atoms with Gasteiger partial charge in [0.05, 0.1) is 6.04 Å². The molecular weight excluding hydrogens is 292 g/mol. The van der Waals surface area contributed by atoms with Gasteiger partial charge in [-0.05, 0) is 44.9 Å². The molecule has 0 aliphatic carbocycles. The van der Waals surface area contributed by atoms with Gasteiger partial charge >= 0.3 is 0 Å². The van der Waals surface area contributed by atoms with Crippen LogP contribution in [0.4, 0.5) is 0 Å². The molecule has 0 bridgehead atoms. The second-order valence-electron chi connectivity index (χ2n) is 4.51. The van der Waals surface area contributed by atoms with Crippen LogP contribution in [0, 0.1) is 0 Å². The van der Waals surface area contributed by atoms with Crippen LogP contribution in [0.25, 0.3) is 0 Å². The fourth-order valence-corrected chi connectivity index (χ4v) is 2.13. The van der Waals surface area contributed by atoms with E-state index in [0.717, 1.165) is 10.9 Å². The number of likely N-dealkylation sites (N-methyl/N-ethyl adjacent to an activating group) is 1. The van der Waals surface area contributed by atoms with Gasteiger partial charge in [-0.3, -0.25) is 4.79 Å². The van der Waals surface area contributed by atoms with Crippen molar-refractivity contribution >= 4 is 21.8 Å². The lowest BCUT2D eigenvalue weighted by molar-refractivity contribution is -0.122. The van der Waals surface area contributed by atoms with Crippen molar-refractivity contribution in [2.75, 3.05) is 6.54 Å². The zero-order valence-electron chi connectivity index (χ0n) is 11.2. The van der Waals surface area contributed by atoms with E-state index < -0.39 is 0 Å². The molecule has 2 unspecified atom stereocenters. The summed E-state index contributed by atoms with van der Waals surface area (Å²) in [4.78, 5) is 11.6. The van der Waals surface area contributed by atoms with Gasteiger partial charge in [-0.15, -0.1) is 0 Å². The van der Waals surface area contributed by atoms with E-state index in [4.69, 9.17) is 0 Å². The molecule has 2 atom stereocenters. The van der Waals surface area contributed by atoms with E-state index >= 15 is 0 Å². The van der Waals surface area contributed by atoms with E-state index in [0.29, 0.717) is 6.54 Å². The highest BCUT2D eigenvalue weighted by Crippen LogP contribution is 2.12. The normalized spacial score (nSPS) is 14.0. The number of rotatable bonds is 6. The summed E-state index contributed by atoms with van der Waals surface area (Å²) in [6, 6.07) is 8.38. The van der Waals surface area contributed by atoms with E-state index in [1.807, 2.05) is 26.0 Å². The Morgan fingerprint density at radius 1 is 1.28 bits per heavy atom. The number of hydrogen-bond acceptors (Lipinski definition) is 2. The van der Waals surface area contributed by atoms with Gasteiger partial charge in [0.2, 0.25) is 5.91 Å². The van der Waals surface area contributed by atoms with Gasteiger partial charge in [-0.2, -0.15) is 0 Å². The van der Waals surface area contributed by atoms with Crippen molar-refractivity contribution in [2.24, 2.45) is 0 Å². The van der Waals surface area contributed by atoms with Crippen LogP contribution < -0.4 is 10.6 Å². The molecule has 18 heavy (non-hydrogen) atoms. The quantitative estimate of drug-likeness (QED) is 0.847. The first-order valence-corrected chi connectivity index (χ1v) is 7.10. The third kappa shape index (κ3) is 5.19. The Hall–Kier alpha value is -0.870. The van der Waals surface area contributed by atoms with Crippen molar-refractivity contribution in [3.63, 3.8) is 0 Å². The Labute approximate surface area is 117 Å². The van der Waals surface area contributed by atoms with E-state index in [9.17, 15) is 4.79 Å². The molecule has 0 fully saturated rings. The minimum atomic E-state index is -0.157. The van der Waals surface area contributed by atoms with Gasteiger partial charge in [0.15, 0.2) is 0 Å². The molecule has 0 aromatic heterocycles. The van der Waals surface area contributed by atoms with Gasteiger partial charge in [0, 0.05) is 17.1 Å². The Bertz CT molecular complexity index is 378. The highest BCUT2D eigenvalue weighted by Gasteiger charge is 2.14. The SMILES string of the molecule is CCNC(=O)C(C)NC(C)Cc1ccc(Br)cc1. The molecule has 100 valence electrons. The van der Waals surface area contributed by atoms with Crippen molar-refractivity contribution in [3.05, 3.63) is 34.3 Å². The fraction of sp³-hybridized carbons (Fsp3) is 0.500. The predicted molar refractivity (Wildman–Crippen MR) is 78.6 cm³/mol. The zero-order valence-corrected chi connectivity index (χ0v) is 12.8. The van der Waals surface area contributed by atoms with Crippen molar-refractivity contribution in [3.8, 4) is 0 Å². The molecule has 2 N–H and O–H groups in total. The van der Waals surface area contributed by atoms with Crippen LogP contribution in [0.15, 0.2) is 28.7 Å². The number of halogens is 1. The Morgan fingerprint density at radius 2 is 1.89 bits per heavy atom. The Kier molecular flexibility index (Phi) is 6.36. The van der Waals surface area contributed by atoms with E-state index in [-0.39, 0.29) is 18.0 Å². The molecule has 0 radical (unpaired) electrons. The maximum atomic E-state index is 11.6. The second kappa shape index (κ2) is 7.54. The third-order valence-corrected chi connectivity index (χ3v) is 3.26. The molecule has 0 aliphatic heterocycles. The van der Waals surface area contributed by atoms with Crippen molar-refractivity contribution in [1.82, 2.24) is 10.6 Å². The molecule has 1 rings (SSSR count). The number of hydrogen-bond donors (Lipinski definition) is 2. The fourth-order valence-electron chi connectivity index (χ4n) is 1.86. The molecule has 0 saturated carbocycles. The molecule has 0 saturated heterocycles. The lowest BCUT2D eigenvalue weighted by Gasteiger charge is -2.19. The van der Waals surface area contributed by atoms with Crippen LogP contribution >= 0.6 is 15.9 Å². The van der Waals surface area contributed by atoms with Crippen LogP contribution in [0.3, 0.4) is 0 Å². The lowest BCUT2D eigenvalue weighted by atomic mass is 10.1. The summed E-state index contributed by atoms with van der Waals surface area (Å²) in [6.07, 6.45) is 0.914. The average molecular weight is 313 g/mol. The molecule has 0 aliphatic rings. The van der Waals surface area contributed by atoms with E-state index in [2.05, 4.69) is 45.6 Å². The van der Waals surface area contributed by atoms with Gasteiger partial charge in [0.1, 0.15) is 0 Å². The second-order valence-corrected chi connectivity index (χ2v) is 5.43. The Morgan fingerprint density at radius 3 is 2.44 bits per heavy atom. The minimum Gasteiger partial charge on any atom is -0.355 e. The number of amides is 1. The number of carbonyl (C=O) groups is 1. The third-order valence-electron chi connectivity index (χ3n) is 2.73. The van der Waals surface area contributed by atoms with Crippen LogP contribution in [0.2, 0.25) is 0 Å². The molecule has 1 aromatic rings. The molecular formula is C14H21BrN2O. The molecule has 0 spiro atoms. The minimum absolute atomic E-state index is 0.0557. The Balaban J connectivity index is 2.43. The molecule has 1 aromatic carbocycles. The lowest BCUT2D eigenvalue weighted by Crippen LogP contribution is -2.46. The summed E-state index contributed by atoms with van der Waals surface area (Å²) >= 11 is 3.42. The molecule has 3 nitrogen and oxygen atoms in total. The van der Waals surface area contributed by atoms with Crippen molar-refractivity contribution in [1.29, 1.82) is 0 Å². The summed E-state index contributed by atoms with van der Waals surface area (Å²) in [5.74, 6) is 0.0557. The summed E-state index contributed by atoms with van der Waals surface area (Å²) < 4.78 is 1.09. The monoisotopic (exact) mass is 312 g/mol. The van der Waals surface area contributed by atoms with E-state index in [1.165, 1.54) is 5.56 Å². The first-order valence-electron chi connectivity index (χ1n) is 6.31. The van der Waals surface area contributed by atoms with Crippen LogP contribution in [0.5, 0.6) is 0 Å². The smallest absolute Gasteiger partial charge is 0.236 e. The number of benzene rings is 1. The molecule has 1 amide bonds. The maximum Gasteiger partial charge on any atom is 0.236 e. The zero-order chi connectivity index (χ0) is 13.5. The maximum absolute atomic E-state index is 11.6. The topological polar surface area (TPSA) is 41.1 Å². The summed E-state index contributed by atoms with van der Waals surface area (Å²) in [6.45, 7) is 6.59. The first kappa shape index (κ1) is 15.2. The highest BCUT2D eigenvalue weighted by molar-refractivity contribution is 9.10. The summed E-state index contributed by atoms with van der Waals surface area (Å²) in [7, 11) is 0. The number of carbonyl (C=O) groups excluding carboxylic acids is 1. The van der Waals surface area contributed by atoms with E-state index in [1.54, 1.807) is 0 Å². The summed E-state index contributed by atoms with van der Waals surface area (Å²) in [5, 5.41) is 6.12. The van der Waals surface area contributed by atoms with Crippen molar-refractivity contribution < 1.29 is 4.79 Å². The largest absolute Gasteiger partial charge is 0.355 e. The molecule has 4 heteroatoms. The van der Waals surface area contributed by atoms with Gasteiger partial charge < -0.3 is 10.6 Å². The number of nitrogens with one attached hydrogen (secondary N) is 2. The standard InChI is InChI=1S/C14H21BrN2O/c1-4-16-14(18)11(3)17-10(2)9-12-5-7-13(15)8-6-12/h5-8,10-11,17H,4,9H2,1-3H3,(H,16,18). The van der Waals surface area contributed by atoms with Crippen LogP contribution in [-0.4, -0.2) is 24.5 Å². The molecule has 0 heterocycles. The van der Waals surface area contributed by atoms with Gasteiger partial charge in [0.25, 0.3) is 0 Å². The predicted octanol–water partition coefficient (Wildman–Crippen LogP) is 2.49. The van der Waals surface area contributed by atoms with Crippen LogP contribution in [-0.2, 0) is 11.2 Å². The highest BCUT2D eigenvalue weighted by atomic mass is 79.9. The van der Waals surface area contributed by atoms with Crippen LogP contribution in [0.1, 0.15) is 26.3 Å². The van der Waals surface area contributed by atoms with Gasteiger partial charge in [-0.1, -0.05) is 28.1 Å². The van der Waals surface area contributed by atoms with Gasteiger partial charge in [-0.25, -0.2) is 0 Å². The van der Waals surface area contributed by atoms with Crippen molar-refractivity contribution in [2.45, 2.75) is 39.3 Å². The summed E-state index contributed by atoms with van der Waals surface area (Å²) in [5.41, 5.74) is 1.27.